The monoisotopic (exact) mass is 390 g/mol. The van der Waals surface area contributed by atoms with Gasteiger partial charge in [-0.15, -0.1) is 0 Å². The lowest BCUT2D eigenvalue weighted by Gasteiger charge is -2.12. The molecule has 28 heavy (non-hydrogen) atoms. The first kappa shape index (κ1) is 20.8. The molecule has 0 amide bonds. The van der Waals surface area contributed by atoms with Crippen LogP contribution in [-0.2, 0) is 13.2 Å². The highest BCUT2D eigenvalue weighted by Gasteiger charge is 2.27. The van der Waals surface area contributed by atoms with Gasteiger partial charge in [-0.1, -0.05) is 12.2 Å². The number of benzene rings is 2. The van der Waals surface area contributed by atoms with Crippen molar-refractivity contribution in [3.05, 3.63) is 66.7 Å². The van der Waals surface area contributed by atoms with Gasteiger partial charge < -0.3 is 19.7 Å². The second kappa shape index (κ2) is 8.93. The van der Waals surface area contributed by atoms with Crippen LogP contribution >= 0.6 is 0 Å². The number of aliphatic hydroxyl groups excluding tert-OH is 2. The first-order valence-corrected chi connectivity index (χ1v) is 7.96. The average molecular weight is 390 g/mol. The predicted molar refractivity (Wildman–Crippen MR) is 100 cm³/mol. The summed E-state index contributed by atoms with van der Waals surface area (Å²) in [6, 6.07) is 5.54. The molecule has 10 nitrogen and oxygen atoms in total. The largest absolute Gasteiger partial charge is 0.496 e. The number of nitrogens with zero attached hydrogens (tertiary/aromatic N) is 2. The fourth-order valence-electron chi connectivity index (χ4n) is 2.71. The Labute approximate surface area is 159 Å². The summed E-state index contributed by atoms with van der Waals surface area (Å²) in [7, 11) is 2.54. The predicted octanol–water partition coefficient (Wildman–Crippen LogP) is 2.68. The fourth-order valence-corrected chi connectivity index (χ4v) is 2.71. The highest BCUT2D eigenvalue weighted by atomic mass is 16.6. The second-order valence-electron chi connectivity index (χ2n) is 5.62. The van der Waals surface area contributed by atoms with Crippen LogP contribution in [0.1, 0.15) is 22.3 Å². The Morgan fingerprint density at radius 3 is 1.82 bits per heavy atom. The number of rotatable bonds is 8. The zero-order valence-corrected chi connectivity index (χ0v) is 15.1. The van der Waals surface area contributed by atoms with Crippen molar-refractivity contribution in [2.24, 2.45) is 0 Å². The summed E-state index contributed by atoms with van der Waals surface area (Å²) >= 11 is 0. The highest BCUT2D eigenvalue weighted by molar-refractivity contribution is 5.75. The molecule has 0 aliphatic heterocycles. The summed E-state index contributed by atoms with van der Waals surface area (Å²) in [5, 5.41) is 41.4. The van der Waals surface area contributed by atoms with Crippen molar-refractivity contribution in [1.29, 1.82) is 0 Å². The van der Waals surface area contributed by atoms with Gasteiger partial charge in [0.25, 0.3) is 5.75 Å². The van der Waals surface area contributed by atoms with Gasteiger partial charge in [-0.3, -0.25) is 20.2 Å². The number of hydrogen-bond acceptors (Lipinski definition) is 8. The van der Waals surface area contributed by atoms with Crippen LogP contribution in [0.15, 0.2) is 24.3 Å². The van der Waals surface area contributed by atoms with Crippen LogP contribution in [0.5, 0.6) is 11.5 Å². The molecular formula is C18H18N2O8. The molecule has 10 heteroatoms. The summed E-state index contributed by atoms with van der Waals surface area (Å²) in [5.41, 5.74) is 0.626. The summed E-state index contributed by atoms with van der Waals surface area (Å²) < 4.78 is 10.0. The minimum absolute atomic E-state index is 0.218. The molecule has 2 rings (SSSR count). The Morgan fingerprint density at radius 1 is 0.893 bits per heavy atom. The van der Waals surface area contributed by atoms with Gasteiger partial charge in [-0.05, 0) is 28.8 Å². The quantitative estimate of drug-likeness (QED) is 0.397. The molecule has 0 bridgehead atoms. The lowest BCUT2D eigenvalue weighted by atomic mass is 10.0. The summed E-state index contributed by atoms with van der Waals surface area (Å²) in [5.74, 6) is -0.0657. The number of aliphatic hydroxyl groups is 2. The van der Waals surface area contributed by atoms with E-state index >= 15 is 0 Å². The molecule has 148 valence electrons. The number of ether oxygens (including phenoxy) is 2. The molecule has 0 aliphatic carbocycles. The van der Waals surface area contributed by atoms with Crippen molar-refractivity contribution in [2.45, 2.75) is 13.2 Å². The van der Waals surface area contributed by atoms with Gasteiger partial charge in [0.05, 0.1) is 37.3 Å². The third kappa shape index (κ3) is 4.24. The normalized spacial score (nSPS) is 10.9. The van der Waals surface area contributed by atoms with Gasteiger partial charge in [0.1, 0.15) is 5.75 Å². The van der Waals surface area contributed by atoms with E-state index in [1.54, 1.807) is 18.2 Å². The Hall–Kier alpha value is -3.50. The zero-order valence-electron chi connectivity index (χ0n) is 15.1. The highest BCUT2D eigenvalue weighted by Crippen LogP contribution is 2.38. The van der Waals surface area contributed by atoms with E-state index < -0.39 is 27.0 Å². The SMILES string of the molecule is COc1cc(/C=C\c2cc([N+](=O)[O-])c(OC)c([N+](=O)[O-])c2)cc(CO)c1CO. The van der Waals surface area contributed by atoms with Gasteiger partial charge in [-0.2, -0.15) is 0 Å². The van der Waals surface area contributed by atoms with E-state index in [2.05, 4.69) is 0 Å². The molecule has 0 aliphatic rings. The molecule has 0 saturated carbocycles. The second-order valence-corrected chi connectivity index (χ2v) is 5.62. The lowest BCUT2D eigenvalue weighted by molar-refractivity contribution is -0.395. The number of nitro groups is 2. The van der Waals surface area contributed by atoms with Crippen molar-refractivity contribution in [3.8, 4) is 11.5 Å². The van der Waals surface area contributed by atoms with Crippen molar-refractivity contribution < 1.29 is 29.5 Å². The maximum absolute atomic E-state index is 11.2. The Morgan fingerprint density at radius 2 is 1.43 bits per heavy atom. The molecule has 0 aromatic heterocycles. The molecule has 0 unspecified atom stereocenters. The molecule has 2 aromatic rings. The van der Waals surface area contributed by atoms with Gasteiger partial charge >= 0.3 is 11.4 Å². The first-order chi connectivity index (χ1) is 13.4. The van der Waals surface area contributed by atoms with E-state index in [0.29, 0.717) is 22.4 Å². The number of nitro benzene ring substituents is 2. The minimum Gasteiger partial charge on any atom is -0.496 e. The van der Waals surface area contributed by atoms with Crippen LogP contribution < -0.4 is 9.47 Å². The fraction of sp³-hybridized carbons (Fsp3) is 0.222. The van der Waals surface area contributed by atoms with Crippen LogP contribution in [0, 0.1) is 20.2 Å². The minimum atomic E-state index is -0.758. The van der Waals surface area contributed by atoms with Crippen LogP contribution in [0.3, 0.4) is 0 Å². The molecule has 0 saturated heterocycles. The Kier molecular flexibility index (Phi) is 6.64. The topological polar surface area (TPSA) is 145 Å². The molecule has 0 fully saturated rings. The van der Waals surface area contributed by atoms with Crippen molar-refractivity contribution in [1.82, 2.24) is 0 Å². The lowest BCUT2D eigenvalue weighted by Crippen LogP contribution is -2.00. The smallest absolute Gasteiger partial charge is 0.318 e. The molecule has 0 atom stereocenters. The van der Waals surface area contributed by atoms with Gasteiger partial charge in [0.2, 0.25) is 0 Å². The van der Waals surface area contributed by atoms with Crippen molar-refractivity contribution in [2.75, 3.05) is 14.2 Å². The summed E-state index contributed by atoms with van der Waals surface area (Å²) in [4.78, 5) is 20.9. The van der Waals surface area contributed by atoms with Gasteiger partial charge in [0.15, 0.2) is 0 Å². The first-order valence-electron chi connectivity index (χ1n) is 7.96. The van der Waals surface area contributed by atoms with Gasteiger partial charge in [0, 0.05) is 17.7 Å². The maximum Gasteiger partial charge on any atom is 0.318 e. The van der Waals surface area contributed by atoms with E-state index in [9.17, 15) is 30.4 Å². The van der Waals surface area contributed by atoms with Crippen molar-refractivity contribution >= 4 is 23.5 Å². The van der Waals surface area contributed by atoms with Crippen LogP contribution in [0.4, 0.5) is 11.4 Å². The zero-order chi connectivity index (χ0) is 20.8. The van der Waals surface area contributed by atoms with Crippen molar-refractivity contribution in [3.63, 3.8) is 0 Å². The molecule has 0 radical (unpaired) electrons. The number of methoxy groups -OCH3 is 2. The third-order valence-corrected chi connectivity index (χ3v) is 4.01. The standard InChI is InChI=1S/C18H18N2O8/c1-27-17-8-11(5-13(9-21)14(17)10-22)3-4-12-6-15(19(23)24)18(28-2)16(7-12)20(25)26/h3-8,21-22H,9-10H2,1-2H3/b4-3-. The van der Waals surface area contributed by atoms with Gasteiger partial charge in [-0.25, -0.2) is 0 Å². The van der Waals surface area contributed by atoms with E-state index in [1.165, 1.54) is 13.2 Å². The molecular weight excluding hydrogens is 372 g/mol. The maximum atomic E-state index is 11.2. The Balaban J connectivity index is 2.55. The van der Waals surface area contributed by atoms with E-state index in [4.69, 9.17) is 9.47 Å². The van der Waals surface area contributed by atoms with E-state index in [1.807, 2.05) is 0 Å². The molecule has 2 aromatic carbocycles. The Bertz CT molecular complexity index is 879. The summed E-state index contributed by atoms with van der Waals surface area (Å²) in [6.45, 7) is -0.645. The number of hydrogen-bond donors (Lipinski definition) is 2. The van der Waals surface area contributed by atoms with Crippen LogP contribution in [0.25, 0.3) is 12.2 Å². The molecule has 0 heterocycles. The third-order valence-electron chi connectivity index (χ3n) is 4.01. The molecule has 0 spiro atoms. The van der Waals surface area contributed by atoms with Crippen LogP contribution in [-0.4, -0.2) is 34.3 Å². The summed E-state index contributed by atoms with van der Waals surface area (Å²) in [6.07, 6.45) is 3.01. The van der Waals surface area contributed by atoms with Crippen LogP contribution in [0.2, 0.25) is 0 Å². The molecule has 2 N–H and O–H groups in total. The van der Waals surface area contributed by atoms with E-state index in [0.717, 1.165) is 19.2 Å². The van der Waals surface area contributed by atoms with E-state index in [-0.39, 0.29) is 18.8 Å². The average Bonchev–Trinajstić information content (AvgIpc) is 2.70.